The molecule has 1 aliphatic heterocycles. The Bertz CT molecular complexity index is 1180. The van der Waals surface area contributed by atoms with Gasteiger partial charge in [0.05, 0.1) is 4.88 Å². The van der Waals surface area contributed by atoms with E-state index in [4.69, 9.17) is 9.90 Å². The summed E-state index contributed by atoms with van der Waals surface area (Å²) in [5.74, 6) is -2.19. The molecule has 1 saturated heterocycles. The molecule has 4 rings (SSSR count). The largest absolute Gasteiger partial charge is 0.490 e. The van der Waals surface area contributed by atoms with Crippen LogP contribution in [0.5, 0.6) is 0 Å². The van der Waals surface area contributed by atoms with Gasteiger partial charge in [0.15, 0.2) is 0 Å². The number of nitrogens with zero attached hydrogens (tertiary/aromatic N) is 3. The van der Waals surface area contributed by atoms with E-state index in [2.05, 4.69) is 27.1 Å². The van der Waals surface area contributed by atoms with Crippen molar-refractivity contribution < 1.29 is 32.3 Å². The van der Waals surface area contributed by atoms with Gasteiger partial charge in [-0.15, -0.1) is 11.3 Å². The number of pyridine rings is 1. The Morgan fingerprint density at radius 2 is 1.86 bits per heavy atom. The molecular formula is C25H26F4N4O3S. The molecule has 198 valence electrons. The highest BCUT2D eigenvalue weighted by molar-refractivity contribution is 7.12. The highest BCUT2D eigenvalue weighted by Crippen LogP contribution is 2.24. The van der Waals surface area contributed by atoms with E-state index in [0.717, 1.165) is 49.5 Å². The Morgan fingerprint density at radius 1 is 1.16 bits per heavy atom. The van der Waals surface area contributed by atoms with E-state index in [1.807, 2.05) is 35.7 Å². The number of carbonyl (C=O) groups is 2. The van der Waals surface area contributed by atoms with Crippen molar-refractivity contribution >= 4 is 34.7 Å². The maximum absolute atomic E-state index is 13.4. The Balaban J connectivity index is 0.000000479. The zero-order valence-corrected chi connectivity index (χ0v) is 20.7. The van der Waals surface area contributed by atoms with Crippen LogP contribution in [-0.4, -0.2) is 59.2 Å². The van der Waals surface area contributed by atoms with Crippen LogP contribution in [0.3, 0.4) is 0 Å². The second-order valence-corrected chi connectivity index (χ2v) is 9.33. The average Bonchev–Trinajstić information content (AvgIpc) is 3.40. The third-order valence-corrected chi connectivity index (χ3v) is 6.62. The summed E-state index contributed by atoms with van der Waals surface area (Å²) in [7, 11) is 2.06. The fourth-order valence-corrected chi connectivity index (χ4v) is 4.45. The van der Waals surface area contributed by atoms with Crippen LogP contribution in [0.15, 0.2) is 60.1 Å². The number of nitrogens with one attached hydrogen (secondary N) is 1. The predicted octanol–water partition coefficient (Wildman–Crippen LogP) is 5.27. The van der Waals surface area contributed by atoms with Gasteiger partial charge in [0.2, 0.25) is 0 Å². The maximum atomic E-state index is 13.4. The second kappa shape index (κ2) is 12.6. The summed E-state index contributed by atoms with van der Waals surface area (Å²) in [4.78, 5) is 30.9. The van der Waals surface area contributed by atoms with Crippen LogP contribution in [0.4, 0.5) is 29.1 Å². The van der Waals surface area contributed by atoms with E-state index in [-0.39, 0.29) is 11.7 Å². The van der Waals surface area contributed by atoms with Crippen LogP contribution in [-0.2, 0) is 11.3 Å². The van der Waals surface area contributed by atoms with Crippen molar-refractivity contribution in [3.63, 3.8) is 0 Å². The van der Waals surface area contributed by atoms with E-state index in [9.17, 15) is 22.4 Å². The van der Waals surface area contributed by atoms with Gasteiger partial charge in [-0.05, 0) is 48.1 Å². The maximum Gasteiger partial charge on any atom is 0.490 e. The molecule has 1 amide bonds. The molecule has 1 aliphatic rings. The number of rotatable bonds is 6. The molecule has 12 heteroatoms. The lowest BCUT2D eigenvalue weighted by molar-refractivity contribution is -0.192. The lowest BCUT2D eigenvalue weighted by Gasteiger charge is -2.37. The van der Waals surface area contributed by atoms with Crippen LogP contribution < -0.4 is 10.2 Å². The highest BCUT2D eigenvalue weighted by atomic mass is 32.1. The molecule has 3 aromatic rings. The smallest absolute Gasteiger partial charge is 0.475 e. The minimum atomic E-state index is -5.08. The third kappa shape index (κ3) is 8.53. The van der Waals surface area contributed by atoms with E-state index >= 15 is 0 Å². The van der Waals surface area contributed by atoms with Crippen molar-refractivity contribution in [2.24, 2.45) is 0 Å². The topological polar surface area (TPSA) is 85.8 Å². The Hall–Kier alpha value is -3.51. The molecule has 37 heavy (non-hydrogen) atoms. The number of halogens is 4. The molecule has 2 N–H and O–H groups in total. The second-order valence-electron chi connectivity index (χ2n) is 8.39. The van der Waals surface area contributed by atoms with Crippen molar-refractivity contribution in [1.82, 2.24) is 9.88 Å². The van der Waals surface area contributed by atoms with Crippen molar-refractivity contribution in [1.29, 1.82) is 0 Å². The molecule has 1 fully saturated rings. The van der Waals surface area contributed by atoms with Gasteiger partial charge in [-0.2, -0.15) is 13.2 Å². The number of benzene rings is 1. The molecule has 1 aromatic carbocycles. The van der Waals surface area contributed by atoms with Crippen LogP contribution >= 0.6 is 11.3 Å². The van der Waals surface area contributed by atoms with Gasteiger partial charge in [0.25, 0.3) is 5.91 Å². The Morgan fingerprint density at radius 3 is 2.46 bits per heavy atom. The number of alkyl halides is 3. The number of aliphatic carboxylic acids is 1. The number of carboxylic acids is 1. The molecule has 0 radical (unpaired) electrons. The van der Waals surface area contributed by atoms with Crippen LogP contribution in [0.1, 0.15) is 28.1 Å². The molecule has 7 nitrogen and oxygen atoms in total. The van der Waals surface area contributed by atoms with Gasteiger partial charge in [-0.1, -0.05) is 18.2 Å². The summed E-state index contributed by atoms with van der Waals surface area (Å²) in [6, 6.07) is 14.6. The minimum absolute atomic E-state index is 0.101. The number of likely N-dealkylation sites (tertiary alicyclic amines) is 1. The van der Waals surface area contributed by atoms with E-state index in [1.165, 1.54) is 17.4 Å². The lowest BCUT2D eigenvalue weighted by atomic mass is 10.0. The van der Waals surface area contributed by atoms with E-state index < -0.39 is 12.1 Å². The molecule has 0 atom stereocenters. The third-order valence-electron chi connectivity index (χ3n) is 5.75. The molecular weight excluding hydrogens is 512 g/mol. The molecule has 2 aromatic heterocycles. The molecule has 0 aliphatic carbocycles. The number of amides is 1. The number of piperidine rings is 1. The zero-order valence-electron chi connectivity index (χ0n) is 19.9. The minimum Gasteiger partial charge on any atom is -0.475 e. The summed E-state index contributed by atoms with van der Waals surface area (Å²) in [5, 5.41) is 12.0. The van der Waals surface area contributed by atoms with Gasteiger partial charge in [0.1, 0.15) is 11.6 Å². The first-order valence-electron chi connectivity index (χ1n) is 11.3. The molecule has 0 saturated carbocycles. The quantitative estimate of drug-likeness (QED) is 0.416. The fraction of sp³-hybridized carbons (Fsp3) is 0.320. The summed E-state index contributed by atoms with van der Waals surface area (Å²) in [6.45, 7) is 2.69. The van der Waals surface area contributed by atoms with E-state index in [0.29, 0.717) is 10.9 Å². The van der Waals surface area contributed by atoms with Crippen molar-refractivity contribution in [2.75, 3.05) is 30.4 Å². The van der Waals surface area contributed by atoms with Crippen LogP contribution in [0.25, 0.3) is 0 Å². The molecule has 0 spiro atoms. The number of hydrogen-bond donors (Lipinski definition) is 2. The van der Waals surface area contributed by atoms with Crippen molar-refractivity contribution in [3.05, 3.63) is 76.4 Å². The first-order chi connectivity index (χ1) is 17.5. The predicted molar refractivity (Wildman–Crippen MR) is 133 cm³/mol. The summed E-state index contributed by atoms with van der Waals surface area (Å²) >= 11 is 1.42. The van der Waals surface area contributed by atoms with Gasteiger partial charge in [0, 0.05) is 50.7 Å². The average molecular weight is 539 g/mol. The molecule has 3 heterocycles. The van der Waals surface area contributed by atoms with Gasteiger partial charge < -0.3 is 15.3 Å². The Kier molecular flexibility index (Phi) is 9.59. The normalized spacial score (nSPS) is 14.4. The monoisotopic (exact) mass is 538 g/mol. The number of hydrogen-bond acceptors (Lipinski definition) is 6. The summed E-state index contributed by atoms with van der Waals surface area (Å²) in [6.07, 6.45) is -1.33. The van der Waals surface area contributed by atoms with Crippen LogP contribution in [0.2, 0.25) is 0 Å². The van der Waals surface area contributed by atoms with Crippen LogP contribution in [0, 0.1) is 5.82 Å². The highest BCUT2D eigenvalue weighted by Gasteiger charge is 2.38. The fourth-order valence-electron chi connectivity index (χ4n) is 3.83. The number of thiophene rings is 1. The summed E-state index contributed by atoms with van der Waals surface area (Å²) in [5.41, 5.74) is 1.76. The Labute approximate surface area is 215 Å². The lowest BCUT2D eigenvalue weighted by Crippen LogP contribution is -2.43. The van der Waals surface area contributed by atoms with E-state index in [1.54, 1.807) is 18.3 Å². The van der Waals surface area contributed by atoms with Gasteiger partial charge in [-0.25, -0.2) is 14.2 Å². The van der Waals surface area contributed by atoms with Gasteiger partial charge >= 0.3 is 12.1 Å². The molecule has 0 bridgehead atoms. The number of aromatic nitrogens is 1. The first kappa shape index (κ1) is 28.1. The SMILES string of the molecule is CN(c1cc(NC(=O)c2cccs2)ccn1)C1CCN(Cc2cccc(F)c2)CC1.O=C(O)C(F)(F)F. The van der Waals surface area contributed by atoms with Crippen molar-refractivity contribution in [2.45, 2.75) is 31.6 Å². The first-order valence-corrected chi connectivity index (χ1v) is 12.2. The number of carboxylic acid groups (broad SMARTS) is 1. The number of anilines is 2. The van der Waals surface area contributed by atoms with Crippen molar-refractivity contribution in [3.8, 4) is 0 Å². The van der Waals surface area contributed by atoms with Gasteiger partial charge in [-0.3, -0.25) is 9.69 Å². The summed E-state index contributed by atoms with van der Waals surface area (Å²) < 4.78 is 45.1. The molecule has 0 unspecified atom stereocenters. The zero-order chi connectivity index (χ0) is 27.0. The standard InChI is InChI=1S/C23H25FN4OS.C2HF3O2/c1-27(20-8-11-28(12-9-20)16-17-4-2-5-18(24)14-17)22-15-19(7-10-25-22)26-23(29)21-6-3-13-30-21;3-2(4,5)1(6)7/h2-7,10,13-15,20H,8-9,11-12,16H2,1H3,(H,25,26,29);(H,6,7). The number of carbonyl (C=O) groups excluding carboxylic acids is 1.